The van der Waals surface area contributed by atoms with Gasteiger partial charge in [-0.25, -0.2) is 0 Å². The third kappa shape index (κ3) is 5.23. The zero-order chi connectivity index (χ0) is 18.4. The summed E-state index contributed by atoms with van der Waals surface area (Å²) >= 11 is 0. The molecule has 0 spiro atoms. The number of hydrogen-bond donors (Lipinski definition) is 2. The molecule has 0 aliphatic heterocycles. The summed E-state index contributed by atoms with van der Waals surface area (Å²) in [6.07, 6.45) is -5.53. The van der Waals surface area contributed by atoms with Gasteiger partial charge in [0.25, 0.3) is 5.91 Å². The van der Waals surface area contributed by atoms with E-state index in [1.807, 2.05) is 6.07 Å². The third-order valence-corrected chi connectivity index (χ3v) is 3.21. The Morgan fingerprint density at radius 3 is 2.48 bits per heavy atom. The predicted molar refractivity (Wildman–Crippen MR) is 87.8 cm³/mol. The number of nitrogens with two attached hydrogens (primary N) is 1. The largest absolute Gasteiger partial charge is 0.416 e. The van der Waals surface area contributed by atoms with E-state index < -0.39 is 23.8 Å². The molecule has 0 aromatic heterocycles. The molecule has 1 amide bonds. The summed E-state index contributed by atoms with van der Waals surface area (Å²) in [6.45, 7) is 1.41. The summed E-state index contributed by atoms with van der Waals surface area (Å²) in [5.74, 6) is -0.566. The molecule has 2 aromatic rings. The van der Waals surface area contributed by atoms with E-state index in [0.717, 1.165) is 12.1 Å². The smallest absolute Gasteiger partial charge is 0.381 e. The van der Waals surface area contributed by atoms with Gasteiger partial charge >= 0.3 is 6.18 Å². The Balaban J connectivity index is 1.99. The van der Waals surface area contributed by atoms with Crippen LogP contribution < -0.4 is 11.1 Å². The van der Waals surface area contributed by atoms with Crippen molar-refractivity contribution in [3.8, 4) is 0 Å². The Morgan fingerprint density at radius 1 is 1.16 bits per heavy atom. The molecule has 2 aromatic carbocycles. The Labute approximate surface area is 142 Å². The van der Waals surface area contributed by atoms with E-state index in [1.54, 1.807) is 24.3 Å². The van der Waals surface area contributed by atoms with Gasteiger partial charge in [0.05, 0.1) is 5.56 Å². The fourth-order valence-electron chi connectivity index (χ4n) is 1.86. The lowest BCUT2D eigenvalue weighted by Crippen LogP contribution is -2.27. The minimum atomic E-state index is -4.49. The van der Waals surface area contributed by atoms with Crippen LogP contribution >= 0.6 is 0 Å². The molecule has 3 N–H and O–H groups in total. The molecule has 2 rings (SSSR count). The van der Waals surface area contributed by atoms with E-state index in [4.69, 9.17) is 10.6 Å². The van der Waals surface area contributed by atoms with Crippen LogP contribution in [0.3, 0.4) is 0 Å². The van der Waals surface area contributed by atoms with Gasteiger partial charge in [-0.2, -0.15) is 13.2 Å². The maximum absolute atomic E-state index is 12.7. The maximum atomic E-state index is 12.7. The summed E-state index contributed by atoms with van der Waals surface area (Å²) in [5, 5.41) is 6.01. The summed E-state index contributed by atoms with van der Waals surface area (Å²) in [5.41, 5.74) is 5.50. The number of hydrogen-bond acceptors (Lipinski definition) is 3. The van der Waals surface area contributed by atoms with Crippen LogP contribution in [0.5, 0.6) is 0 Å². The van der Waals surface area contributed by atoms with Gasteiger partial charge in [-0.05, 0) is 25.1 Å². The third-order valence-electron chi connectivity index (χ3n) is 3.21. The number of rotatable bonds is 5. The molecule has 8 heteroatoms. The van der Waals surface area contributed by atoms with Crippen LogP contribution in [0.25, 0.3) is 0 Å². The monoisotopic (exact) mass is 351 g/mol. The summed E-state index contributed by atoms with van der Waals surface area (Å²) in [7, 11) is 0. The molecule has 0 unspecified atom stereocenters. The van der Waals surface area contributed by atoms with Crippen molar-refractivity contribution in [3.05, 3.63) is 65.7 Å². The topological polar surface area (TPSA) is 76.7 Å². The molecule has 0 heterocycles. The molecule has 0 bridgehead atoms. The van der Waals surface area contributed by atoms with Crippen LogP contribution in [0.4, 0.5) is 18.9 Å². The molecule has 132 valence electrons. The zero-order valence-corrected chi connectivity index (χ0v) is 13.2. The van der Waals surface area contributed by atoms with Gasteiger partial charge in [0, 0.05) is 11.3 Å². The number of halogens is 3. The first-order chi connectivity index (χ1) is 11.8. The van der Waals surface area contributed by atoms with E-state index in [9.17, 15) is 18.0 Å². The van der Waals surface area contributed by atoms with Crippen LogP contribution in [-0.4, -0.2) is 17.8 Å². The number of nitrogens with one attached hydrogen (secondary N) is 1. The number of amidine groups is 1. The molecular formula is C17H16F3N3O2. The highest BCUT2D eigenvalue weighted by Gasteiger charge is 2.30. The highest BCUT2D eigenvalue weighted by atomic mass is 19.4. The number of alkyl halides is 3. The van der Waals surface area contributed by atoms with Gasteiger partial charge in [-0.15, -0.1) is 0 Å². The van der Waals surface area contributed by atoms with E-state index in [0.29, 0.717) is 5.56 Å². The van der Waals surface area contributed by atoms with Gasteiger partial charge in [0.2, 0.25) is 6.10 Å². The van der Waals surface area contributed by atoms with E-state index in [2.05, 4.69) is 10.5 Å². The lowest BCUT2D eigenvalue weighted by atomic mass is 10.2. The number of benzene rings is 2. The van der Waals surface area contributed by atoms with Gasteiger partial charge < -0.3 is 15.9 Å². The molecule has 0 aliphatic carbocycles. The van der Waals surface area contributed by atoms with Crippen molar-refractivity contribution >= 4 is 17.4 Å². The molecule has 0 radical (unpaired) electrons. The second kappa shape index (κ2) is 7.69. The van der Waals surface area contributed by atoms with Crippen molar-refractivity contribution in [2.75, 3.05) is 5.32 Å². The number of carbonyl (C=O) groups is 1. The van der Waals surface area contributed by atoms with Crippen LogP contribution in [-0.2, 0) is 15.8 Å². The van der Waals surface area contributed by atoms with Crippen molar-refractivity contribution in [2.45, 2.75) is 19.2 Å². The van der Waals surface area contributed by atoms with Gasteiger partial charge in [-0.3, -0.25) is 4.79 Å². The SMILES string of the molecule is C[C@@H](O/N=C(/N)c1ccccc1)C(=O)Nc1cccc(C(F)(F)F)c1. The van der Waals surface area contributed by atoms with Crippen molar-refractivity contribution < 1.29 is 22.8 Å². The number of amides is 1. The fourth-order valence-corrected chi connectivity index (χ4v) is 1.86. The van der Waals surface area contributed by atoms with E-state index in [-0.39, 0.29) is 11.5 Å². The van der Waals surface area contributed by atoms with Gasteiger partial charge in [0.15, 0.2) is 5.84 Å². The molecule has 25 heavy (non-hydrogen) atoms. The fraction of sp³-hybridized carbons (Fsp3) is 0.176. The quantitative estimate of drug-likeness (QED) is 0.493. The first-order valence-electron chi connectivity index (χ1n) is 7.30. The number of oxime groups is 1. The Morgan fingerprint density at radius 2 is 1.84 bits per heavy atom. The van der Waals surface area contributed by atoms with Crippen molar-refractivity contribution in [3.63, 3.8) is 0 Å². The molecule has 5 nitrogen and oxygen atoms in total. The molecule has 0 saturated carbocycles. The second-order valence-electron chi connectivity index (χ2n) is 5.16. The Bertz CT molecular complexity index is 761. The highest BCUT2D eigenvalue weighted by molar-refractivity contribution is 5.97. The lowest BCUT2D eigenvalue weighted by molar-refractivity contribution is -0.137. The summed E-state index contributed by atoms with van der Waals surface area (Å²) in [4.78, 5) is 17.0. The maximum Gasteiger partial charge on any atom is 0.416 e. The summed E-state index contributed by atoms with van der Waals surface area (Å²) < 4.78 is 38.0. The van der Waals surface area contributed by atoms with Crippen LogP contribution in [0, 0.1) is 0 Å². The molecule has 0 saturated heterocycles. The average molecular weight is 351 g/mol. The number of nitrogens with zero attached hydrogens (tertiary/aromatic N) is 1. The minimum absolute atomic E-state index is 0.00952. The normalized spacial score (nSPS) is 13.2. The second-order valence-corrected chi connectivity index (χ2v) is 5.16. The first-order valence-corrected chi connectivity index (χ1v) is 7.30. The van der Waals surface area contributed by atoms with Crippen LogP contribution in [0.2, 0.25) is 0 Å². The Kier molecular flexibility index (Phi) is 5.63. The Hall–Kier alpha value is -3.03. The van der Waals surface area contributed by atoms with Gasteiger partial charge in [0.1, 0.15) is 0 Å². The van der Waals surface area contributed by atoms with Crippen molar-refractivity contribution in [1.82, 2.24) is 0 Å². The number of anilines is 1. The van der Waals surface area contributed by atoms with E-state index in [1.165, 1.54) is 19.1 Å². The standard InChI is InChI=1S/C17H16F3N3O2/c1-11(25-23-15(21)12-6-3-2-4-7-12)16(24)22-14-9-5-8-13(10-14)17(18,19)20/h2-11H,1H3,(H2,21,23)(H,22,24)/t11-/m1/s1. The average Bonchev–Trinajstić information content (AvgIpc) is 2.59. The summed E-state index contributed by atoms with van der Waals surface area (Å²) in [6, 6.07) is 13.1. The van der Waals surface area contributed by atoms with Crippen LogP contribution in [0.15, 0.2) is 59.8 Å². The van der Waals surface area contributed by atoms with Crippen molar-refractivity contribution in [2.24, 2.45) is 10.9 Å². The predicted octanol–water partition coefficient (Wildman–Crippen LogP) is 3.37. The molecule has 0 fully saturated rings. The molecule has 0 aliphatic rings. The minimum Gasteiger partial charge on any atom is -0.381 e. The number of carbonyl (C=O) groups excluding carboxylic acids is 1. The molecule has 1 atom stereocenters. The van der Waals surface area contributed by atoms with Gasteiger partial charge in [-0.1, -0.05) is 41.6 Å². The van der Waals surface area contributed by atoms with E-state index >= 15 is 0 Å². The molecular weight excluding hydrogens is 335 g/mol. The highest BCUT2D eigenvalue weighted by Crippen LogP contribution is 2.30. The first kappa shape index (κ1) is 18.3. The zero-order valence-electron chi connectivity index (χ0n) is 13.2. The van der Waals surface area contributed by atoms with Crippen molar-refractivity contribution in [1.29, 1.82) is 0 Å². The lowest BCUT2D eigenvalue weighted by Gasteiger charge is -2.13. The van der Waals surface area contributed by atoms with Crippen LogP contribution in [0.1, 0.15) is 18.1 Å².